The van der Waals surface area contributed by atoms with E-state index < -0.39 is 8.32 Å². The maximum absolute atomic E-state index is 10.3. The molecule has 1 fully saturated rings. The average Bonchev–Trinajstić information content (AvgIpc) is 3.28. The molecule has 0 aromatic heterocycles. The van der Waals surface area contributed by atoms with Gasteiger partial charge in [0.05, 0.1) is 18.8 Å². The molecule has 1 saturated heterocycles. The first-order valence-electron chi connectivity index (χ1n) is 9.76. The van der Waals surface area contributed by atoms with Crippen molar-refractivity contribution in [3.05, 3.63) is 11.6 Å². The number of epoxide rings is 1. The largest absolute Gasteiger partial charge is 0.415 e. The molecule has 0 saturated carbocycles. The zero-order valence-electron chi connectivity index (χ0n) is 17.1. The highest BCUT2D eigenvalue weighted by atomic mass is 28.4. The van der Waals surface area contributed by atoms with Crippen LogP contribution in [-0.2, 0) is 9.16 Å². The summed E-state index contributed by atoms with van der Waals surface area (Å²) in [6.07, 6.45) is 3.88. The van der Waals surface area contributed by atoms with E-state index in [1.165, 1.54) is 0 Å². The fourth-order valence-corrected chi connectivity index (χ4v) is 9.66. The first kappa shape index (κ1) is 21.9. The van der Waals surface area contributed by atoms with Crippen LogP contribution in [0.15, 0.2) is 11.6 Å². The van der Waals surface area contributed by atoms with Crippen molar-refractivity contribution < 1.29 is 14.3 Å². The van der Waals surface area contributed by atoms with Crippen LogP contribution in [0.1, 0.15) is 68.2 Å². The summed E-state index contributed by atoms with van der Waals surface area (Å²) in [7, 11) is -1.81. The van der Waals surface area contributed by atoms with Crippen molar-refractivity contribution in [1.82, 2.24) is 0 Å². The minimum Gasteiger partial charge on any atom is -0.415 e. The molecule has 0 radical (unpaired) electrons. The summed E-state index contributed by atoms with van der Waals surface area (Å²) >= 11 is 0. The van der Waals surface area contributed by atoms with Gasteiger partial charge in [-0.05, 0) is 41.5 Å². The molecule has 0 aromatic rings. The Hall–Kier alpha value is -0.163. The second-order valence-corrected chi connectivity index (χ2v) is 13.9. The Bertz CT molecular complexity index is 378. The van der Waals surface area contributed by atoms with Gasteiger partial charge in [-0.2, -0.15) is 0 Å². The number of aliphatic hydroxyl groups excluding tert-OH is 1. The minimum atomic E-state index is -1.81. The van der Waals surface area contributed by atoms with E-state index in [0.717, 1.165) is 31.6 Å². The van der Waals surface area contributed by atoms with Crippen LogP contribution in [0.3, 0.4) is 0 Å². The van der Waals surface area contributed by atoms with Crippen molar-refractivity contribution in [2.24, 2.45) is 5.92 Å². The lowest BCUT2D eigenvalue weighted by Gasteiger charge is -2.42. The molecule has 1 aliphatic rings. The number of hydrogen-bond donors (Lipinski definition) is 1. The number of hydrogen-bond acceptors (Lipinski definition) is 3. The molecular weight excluding hydrogens is 316 g/mol. The van der Waals surface area contributed by atoms with Crippen LogP contribution in [0.2, 0.25) is 16.6 Å². The zero-order chi connectivity index (χ0) is 18.5. The van der Waals surface area contributed by atoms with E-state index in [1.807, 2.05) is 6.92 Å². The van der Waals surface area contributed by atoms with E-state index in [9.17, 15) is 5.11 Å². The van der Waals surface area contributed by atoms with E-state index in [1.54, 1.807) is 0 Å². The summed E-state index contributed by atoms with van der Waals surface area (Å²) in [6.45, 7) is 19.8. The Morgan fingerprint density at radius 3 is 2.04 bits per heavy atom. The highest BCUT2D eigenvalue weighted by Crippen LogP contribution is 2.42. The van der Waals surface area contributed by atoms with Crippen molar-refractivity contribution in [2.75, 3.05) is 13.2 Å². The molecule has 0 aliphatic carbocycles. The number of ether oxygens (including phenoxy) is 1. The quantitative estimate of drug-likeness (QED) is 0.310. The lowest BCUT2D eigenvalue weighted by Crippen LogP contribution is -2.48. The third-order valence-electron chi connectivity index (χ3n) is 5.69. The molecule has 0 unspecified atom stereocenters. The summed E-state index contributed by atoms with van der Waals surface area (Å²) in [4.78, 5) is 0. The zero-order valence-corrected chi connectivity index (χ0v) is 18.1. The van der Waals surface area contributed by atoms with Gasteiger partial charge in [0.15, 0.2) is 8.32 Å². The van der Waals surface area contributed by atoms with Gasteiger partial charge in [0.25, 0.3) is 0 Å². The summed E-state index contributed by atoms with van der Waals surface area (Å²) < 4.78 is 12.0. The van der Waals surface area contributed by atoms with E-state index in [-0.39, 0.29) is 12.2 Å². The van der Waals surface area contributed by atoms with Crippen molar-refractivity contribution in [1.29, 1.82) is 0 Å². The van der Waals surface area contributed by atoms with E-state index in [0.29, 0.717) is 22.5 Å². The fraction of sp³-hybridized carbons (Fsp3) is 0.900. The molecule has 0 bridgehead atoms. The molecule has 4 heteroatoms. The molecule has 3 atom stereocenters. The van der Waals surface area contributed by atoms with Gasteiger partial charge < -0.3 is 14.3 Å². The predicted molar refractivity (Wildman–Crippen MR) is 105 cm³/mol. The van der Waals surface area contributed by atoms with Crippen LogP contribution >= 0.6 is 0 Å². The minimum absolute atomic E-state index is 0.266. The summed E-state index contributed by atoms with van der Waals surface area (Å²) in [5.74, 6) is 0.378. The third-order valence-corrected chi connectivity index (χ3v) is 11.8. The van der Waals surface area contributed by atoms with Crippen LogP contribution in [-0.4, -0.2) is 38.8 Å². The molecule has 0 amide bonds. The highest BCUT2D eigenvalue weighted by Gasteiger charge is 2.45. The van der Waals surface area contributed by atoms with Gasteiger partial charge in [-0.1, -0.05) is 54.5 Å². The van der Waals surface area contributed by atoms with Crippen LogP contribution in [0.25, 0.3) is 0 Å². The molecule has 1 rings (SSSR count). The maximum atomic E-state index is 10.3. The highest BCUT2D eigenvalue weighted by molar-refractivity contribution is 6.77. The van der Waals surface area contributed by atoms with Crippen LogP contribution < -0.4 is 0 Å². The van der Waals surface area contributed by atoms with Crippen molar-refractivity contribution in [3.63, 3.8) is 0 Å². The first-order chi connectivity index (χ1) is 11.1. The molecule has 1 aliphatic heterocycles. The van der Waals surface area contributed by atoms with Gasteiger partial charge in [-0.3, -0.25) is 0 Å². The lowest BCUT2D eigenvalue weighted by atomic mass is 9.99. The van der Waals surface area contributed by atoms with Gasteiger partial charge in [0, 0.05) is 13.0 Å². The van der Waals surface area contributed by atoms with E-state index in [4.69, 9.17) is 9.16 Å². The van der Waals surface area contributed by atoms with Gasteiger partial charge in [0.1, 0.15) is 0 Å². The van der Waals surface area contributed by atoms with Crippen molar-refractivity contribution in [3.8, 4) is 0 Å². The third kappa shape index (κ3) is 5.69. The smallest absolute Gasteiger partial charge is 0.200 e. The SMILES string of the molecule is CC[C@H](/C=C(/C)[C@@H](O)C[C@@H]1CO1)CO[Si](C(C)C)(C(C)C)C(C)C. The standard InChI is InChI=1S/C20H40O3Si/c1-9-18(10-17(8)20(21)11-19-13-22-19)12-23-24(14(2)3,15(4)5)16(6)7/h10,14-16,18-21H,9,11-13H2,1-8H3/b17-10-/t18-,19-,20+/m1/s1. The molecule has 24 heavy (non-hydrogen) atoms. The van der Waals surface area contributed by atoms with Crippen LogP contribution in [0.5, 0.6) is 0 Å². The Morgan fingerprint density at radius 2 is 1.67 bits per heavy atom. The molecular formula is C20H40O3Si. The number of aliphatic hydroxyl groups is 1. The second-order valence-electron chi connectivity index (χ2n) is 8.41. The molecule has 0 aromatic carbocycles. The first-order valence-corrected chi connectivity index (χ1v) is 11.9. The van der Waals surface area contributed by atoms with Crippen LogP contribution in [0.4, 0.5) is 0 Å². The summed E-state index contributed by atoms with van der Waals surface area (Å²) in [5.41, 5.74) is 2.89. The predicted octanol–water partition coefficient (Wildman–Crippen LogP) is 5.30. The normalized spacial score (nSPS) is 21.7. The van der Waals surface area contributed by atoms with Gasteiger partial charge in [-0.15, -0.1) is 0 Å². The van der Waals surface area contributed by atoms with Crippen molar-refractivity contribution in [2.45, 2.75) is 97.1 Å². The van der Waals surface area contributed by atoms with Gasteiger partial charge in [-0.25, -0.2) is 0 Å². The van der Waals surface area contributed by atoms with E-state index in [2.05, 4.69) is 54.5 Å². The fourth-order valence-electron chi connectivity index (χ4n) is 4.16. The summed E-state index contributed by atoms with van der Waals surface area (Å²) in [5, 5.41) is 10.3. The van der Waals surface area contributed by atoms with Gasteiger partial charge >= 0.3 is 0 Å². The molecule has 1 N–H and O–H groups in total. The van der Waals surface area contributed by atoms with Crippen molar-refractivity contribution >= 4 is 8.32 Å². The Kier molecular flexibility index (Phi) is 8.67. The van der Waals surface area contributed by atoms with E-state index >= 15 is 0 Å². The Morgan fingerprint density at radius 1 is 1.17 bits per heavy atom. The van der Waals surface area contributed by atoms with Gasteiger partial charge in [0.2, 0.25) is 0 Å². The molecule has 1 heterocycles. The average molecular weight is 357 g/mol. The Balaban J connectivity index is 2.74. The summed E-state index contributed by atoms with van der Waals surface area (Å²) in [6, 6.07) is 0. The second kappa shape index (κ2) is 9.51. The number of rotatable bonds is 11. The molecule has 0 spiro atoms. The maximum Gasteiger partial charge on any atom is 0.200 e. The molecule has 142 valence electrons. The lowest BCUT2D eigenvalue weighted by molar-refractivity contribution is 0.182. The Labute approximate surface area is 151 Å². The molecule has 3 nitrogen and oxygen atoms in total. The topological polar surface area (TPSA) is 42.0 Å². The monoisotopic (exact) mass is 356 g/mol. The van der Waals surface area contributed by atoms with Crippen LogP contribution in [0, 0.1) is 5.92 Å².